The van der Waals surface area contributed by atoms with E-state index >= 15 is 0 Å². The van der Waals surface area contributed by atoms with Crippen LogP contribution in [-0.4, -0.2) is 20.4 Å². The van der Waals surface area contributed by atoms with Crippen molar-refractivity contribution >= 4 is 25.6 Å². The maximum atomic E-state index is 12.1. The molecule has 0 saturated heterocycles. The number of amides is 1. The zero-order valence-electron chi connectivity index (χ0n) is 12.1. The Labute approximate surface area is 124 Å². The zero-order chi connectivity index (χ0) is 15.5. The number of aryl methyl sites for hydroxylation is 1. The minimum Gasteiger partial charge on any atom is -0.349 e. The van der Waals surface area contributed by atoms with Gasteiger partial charge in [0.25, 0.3) is 15.0 Å². The zero-order valence-corrected chi connectivity index (χ0v) is 13.7. The van der Waals surface area contributed by atoms with Crippen LogP contribution >= 0.6 is 10.7 Å². The smallest absolute Gasteiger partial charge is 0.261 e. The second kappa shape index (κ2) is 6.59. The van der Waals surface area contributed by atoms with Gasteiger partial charge in [-0.2, -0.15) is 0 Å². The Bertz CT molecular complexity index is 598. The Morgan fingerprint density at radius 2 is 1.95 bits per heavy atom. The molecule has 6 heteroatoms. The first-order valence-corrected chi connectivity index (χ1v) is 8.84. The fourth-order valence-electron chi connectivity index (χ4n) is 1.79. The maximum absolute atomic E-state index is 12.1. The van der Waals surface area contributed by atoms with Gasteiger partial charge in [0.1, 0.15) is 0 Å². The van der Waals surface area contributed by atoms with Crippen molar-refractivity contribution in [1.82, 2.24) is 5.32 Å². The third kappa shape index (κ3) is 4.21. The Balaban J connectivity index is 3.01. The first kappa shape index (κ1) is 17.0. The van der Waals surface area contributed by atoms with Crippen LogP contribution in [0.3, 0.4) is 0 Å². The van der Waals surface area contributed by atoms with Crippen molar-refractivity contribution in [3.05, 3.63) is 29.3 Å². The summed E-state index contributed by atoms with van der Waals surface area (Å²) in [5.41, 5.74) is 0.816. The van der Waals surface area contributed by atoms with Gasteiger partial charge >= 0.3 is 0 Å². The van der Waals surface area contributed by atoms with E-state index in [-0.39, 0.29) is 16.8 Å². The lowest BCUT2D eigenvalue weighted by molar-refractivity contribution is 0.0928. The van der Waals surface area contributed by atoms with Crippen molar-refractivity contribution in [3.63, 3.8) is 0 Å². The van der Waals surface area contributed by atoms with Gasteiger partial charge in [-0.25, -0.2) is 8.42 Å². The van der Waals surface area contributed by atoms with Crippen molar-refractivity contribution in [2.24, 2.45) is 5.92 Å². The number of carbonyl (C=O) groups excluding carboxylic acids is 1. The molecule has 1 aromatic rings. The number of hydrogen-bond donors (Lipinski definition) is 1. The normalized spacial score (nSPS) is 14.7. The maximum Gasteiger partial charge on any atom is 0.261 e. The molecule has 0 saturated carbocycles. The molecule has 1 amide bonds. The predicted molar refractivity (Wildman–Crippen MR) is 80.6 cm³/mol. The minimum atomic E-state index is -3.85. The van der Waals surface area contributed by atoms with E-state index < -0.39 is 9.05 Å². The standard InChI is InChI=1S/C14H20ClNO3S/c1-5-9(2)11(4)16-14(17)12-7-6-10(3)13(8-12)20(15,18)19/h6-9,11H,5H2,1-4H3,(H,16,17). The van der Waals surface area contributed by atoms with Gasteiger partial charge in [-0.3, -0.25) is 4.79 Å². The molecule has 0 radical (unpaired) electrons. The van der Waals surface area contributed by atoms with E-state index in [9.17, 15) is 13.2 Å². The van der Waals surface area contributed by atoms with Gasteiger partial charge in [-0.05, 0) is 37.5 Å². The van der Waals surface area contributed by atoms with Crippen molar-refractivity contribution in [3.8, 4) is 0 Å². The topological polar surface area (TPSA) is 63.2 Å². The molecule has 0 aromatic heterocycles. The summed E-state index contributed by atoms with van der Waals surface area (Å²) in [6.45, 7) is 7.67. The number of hydrogen-bond acceptors (Lipinski definition) is 3. The number of nitrogens with one attached hydrogen (secondary N) is 1. The monoisotopic (exact) mass is 317 g/mol. The van der Waals surface area contributed by atoms with E-state index in [0.29, 0.717) is 17.0 Å². The molecule has 1 N–H and O–H groups in total. The van der Waals surface area contributed by atoms with Crippen LogP contribution in [-0.2, 0) is 9.05 Å². The van der Waals surface area contributed by atoms with Crippen LogP contribution < -0.4 is 5.32 Å². The molecule has 4 nitrogen and oxygen atoms in total. The van der Waals surface area contributed by atoms with E-state index in [2.05, 4.69) is 19.2 Å². The third-order valence-electron chi connectivity index (χ3n) is 3.57. The molecule has 0 fully saturated rings. The lowest BCUT2D eigenvalue weighted by atomic mass is 10.0. The van der Waals surface area contributed by atoms with Gasteiger partial charge in [-0.15, -0.1) is 0 Å². The van der Waals surface area contributed by atoms with Gasteiger partial charge in [0.2, 0.25) is 0 Å². The van der Waals surface area contributed by atoms with Crippen LogP contribution in [0.2, 0.25) is 0 Å². The van der Waals surface area contributed by atoms with Gasteiger partial charge in [0.15, 0.2) is 0 Å². The van der Waals surface area contributed by atoms with Gasteiger partial charge < -0.3 is 5.32 Å². The Hall–Kier alpha value is -1.07. The van der Waals surface area contributed by atoms with E-state index in [0.717, 1.165) is 6.42 Å². The highest BCUT2D eigenvalue weighted by atomic mass is 35.7. The molecule has 20 heavy (non-hydrogen) atoms. The summed E-state index contributed by atoms with van der Waals surface area (Å²) in [4.78, 5) is 12.1. The Morgan fingerprint density at radius 3 is 2.45 bits per heavy atom. The first-order chi connectivity index (χ1) is 9.16. The molecule has 0 bridgehead atoms. The lowest BCUT2D eigenvalue weighted by Gasteiger charge is -2.20. The van der Waals surface area contributed by atoms with E-state index in [1.807, 2.05) is 6.92 Å². The van der Waals surface area contributed by atoms with Crippen molar-refractivity contribution in [1.29, 1.82) is 0 Å². The summed E-state index contributed by atoms with van der Waals surface area (Å²) in [6, 6.07) is 4.51. The molecular formula is C14H20ClNO3S. The highest BCUT2D eigenvalue weighted by Gasteiger charge is 2.18. The molecule has 1 rings (SSSR count). The largest absolute Gasteiger partial charge is 0.349 e. The molecule has 1 aromatic carbocycles. The molecular weight excluding hydrogens is 298 g/mol. The molecule has 2 unspecified atom stereocenters. The molecule has 0 aliphatic carbocycles. The average molecular weight is 318 g/mol. The number of carbonyl (C=O) groups is 1. The fraction of sp³-hybridized carbons (Fsp3) is 0.500. The fourth-order valence-corrected chi connectivity index (χ4v) is 3.01. The Kier molecular flexibility index (Phi) is 5.59. The average Bonchev–Trinajstić information content (AvgIpc) is 2.36. The molecule has 0 spiro atoms. The minimum absolute atomic E-state index is 0.0184. The summed E-state index contributed by atoms with van der Waals surface area (Å²) in [7, 11) is 1.51. The quantitative estimate of drug-likeness (QED) is 0.849. The highest BCUT2D eigenvalue weighted by molar-refractivity contribution is 8.13. The van der Waals surface area contributed by atoms with E-state index in [4.69, 9.17) is 10.7 Å². The summed E-state index contributed by atoms with van der Waals surface area (Å²) in [6.07, 6.45) is 0.955. The van der Waals surface area contributed by atoms with Crippen LogP contribution in [0, 0.1) is 12.8 Å². The number of halogens is 1. The second-order valence-corrected chi connectivity index (χ2v) is 7.60. The van der Waals surface area contributed by atoms with E-state index in [1.54, 1.807) is 19.1 Å². The van der Waals surface area contributed by atoms with Crippen LogP contribution in [0.25, 0.3) is 0 Å². The van der Waals surface area contributed by atoms with Crippen LogP contribution in [0.4, 0.5) is 0 Å². The van der Waals surface area contributed by atoms with Gasteiger partial charge in [0.05, 0.1) is 4.90 Å². The molecule has 0 heterocycles. The molecule has 2 atom stereocenters. The van der Waals surface area contributed by atoms with Crippen LogP contribution in [0.5, 0.6) is 0 Å². The Morgan fingerprint density at radius 1 is 1.35 bits per heavy atom. The molecule has 0 aliphatic heterocycles. The van der Waals surface area contributed by atoms with Crippen molar-refractivity contribution in [2.45, 2.75) is 45.1 Å². The summed E-state index contributed by atoms with van der Waals surface area (Å²) in [5, 5.41) is 2.87. The van der Waals surface area contributed by atoms with Crippen molar-refractivity contribution < 1.29 is 13.2 Å². The van der Waals surface area contributed by atoms with Crippen LogP contribution in [0.15, 0.2) is 23.1 Å². The van der Waals surface area contributed by atoms with Gasteiger partial charge in [-0.1, -0.05) is 26.3 Å². The number of benzene rings is 1. The molecule has 112 valence electrons. The molecule has 0 aliphatic rings. The van der Waals surface area contributed by atoms with Crippen LogP contribution in [0.1, 0.15) is 43.1 Å². The summed E-state index contributed by atoms with van der Waals surface area (Å²) >= 11 is 0. The SMILES string of the molecule is CCC(C)C(C)NC(=O)c1ccc(C)c(S(=O)(=O)Cl)c1. The summed E-state index contributed by atoms with van der Waals surface area (Å²) < 4.78 is 22.9. The van der Waals surface area contributed by atoms with Crippen molar-refractivity contribution in [2.75, 3.05) is 0 Å². The highest BCUT2D eigenvalue weighted by Crippen LogP contribution is 2.21. The lowest BCUT2D eigenvalue weighted by Crippen LogP contribution is -2.36. The van der Waals surface area contributed by atoms with Gasteiger partial charge in [0, 0.05) is 22.3 Å². The predicted octanol–water partition coefficient (Wildman–Crippen LogP) is 3.09. The number of rotatable bonds is 5. The summed E-state index contributed by atoms with van der Waals surface area (Å²) in [5.74, 6) is 0.0556. The van der Waals surface area contributed by atoms with E-state index in [1.165, 1.54) is 6.07 Å². The second-order valence-electron chi connectivity index (χ2n) is 5.07. The first-order valence-electron chi connectivity index (χ1n) is 6.53. The third-order valence-corrected chi connectivity index (χ3v) is 5.03.